The summed E-state index contributed by atoms with van der Waals surface area (Å²) in [6.07, 6.45) is 12.8. The minimum absolute atomic E-state index is 0.395. The summed E-state index contributed by atoms with van der Waals surface area (Å²) >= 11 is 0. The summed E-state index contributed by atoms with van der Waals surface area (Å²) < 4.78 is 0. The van der Waals surface area contributed by atoms with Crippen LogP contribution in [-0.4, -0.2) is 0 Å². The molecule has 0 amide bonds. The molecule has 0 spiro atoms. The summed E-state index contributed by atoms with van der Waals surface area (Å²) in [7, 11) is 0. The highest BCUT2D eigenvalue weighted by atomic mass is 14.4. The molecular weight excluding hydrogens is 216 g/mol. The highest BCUT2D eigenvalue weighted by molar-refractivity contribution is 5.12. The zero-order chi connectivity index (χ0) is 13.0. The third-order valence-electron chi connectivity index (χ3n) is 5.44. The van der Waals surface area contributed by atoms with E-state index in [4.69, 9.17) is 0 Å². The van der Waals surface area contributed by atoms with Gasteiger partial charge in [0.1, 0.15) is 0 Å². The van der Waals surface area contributed by atoms with Gasteiger partial charge in [-0.2, -0.15) is 0 Å². The Balaban J connectivity index is 1.95. The van der Waals surface area contributed by atoms with Crippen molar-refractivity contribution in [3.8, 4) is 11.8 Å². The average Bonchev–Trinajstić information content (AvgIpc) is 2.37. The Bertz CT molecular complexity index is 301. The van der Waals surface area contributed by atoms with E-state index < -0.39 is 0 Å². The van der Waals surface area contributed by atoms with Gasteiger partial charge in [-0.1, -0.05) is 45.5 Å². The molecule has 0 nitrogen and oxygen atoms in total. The molecule has 0 heterocycles. The van der Waals surface area contributed by atoms with Gasteiger partial charge in [0.25, 0.3) is 0 Å². The van der Waals surface area contributed by atoms with Gasteiger partial charge in [0.05, 0.1) is 0 Å². The van der Waals surface area contributed by atoms with Crippen LogP contribution >= 0.6 is 0 Å². The number of hydrogen-bond donors (Lipinski definition) is 0. The Morgan fingerprint density at radius 3 is 2.00 bits per heavy atom. The summed E-state index contributed by atoms with van der Waals surface area (Å²) in [6, 6.07) is 0. The molecule has 2 saturated carbocycles. The molecule has 18 heavy (non-hydrogen) atoms. The minimum Gasteiger partial charge on any atom is -0.106 e. The third-order valence-corrected chi connectivity index (χ3v) is 5.44. The van der Waals surface area contributed by atoms with E-state index in [1.807, 2.05) is 6.92 Å². The molecule has 2 fully saturated rings. The second-order valence-corrected chi connectivity index (χ2v) is 7.17. The van der Waals surface area contributed by atoms with Crippen LogP contribution in [0.3, 0.4) is 0 Å². The molecule has 0 saturated heterocycles. The molecule has 0 N–H and O–H groups in total. The number of rotatable bonds is 2. The van der Waals surface area contributed by atoms with Crippen LogP contribution in [0.4, 0.5) is 0 Å². The summed E-state index contributed by atoms with van der Waals surface area (Å²) in [5.41, 5.74) is 0.395. The first-order valence-corrected chi connectivity index (χ1v) is 8.07. The van der Waals surface area contributed by atoms with Crippen molar-refractivity contribution in [2.45, 2.75) is 78.6 Å². The molecule has 0 aromatic carbocycles. The Morgan fingerprint density at radius 1 is 0.889 bits per heavy atom. The summed E-state index contributed by atoms with van der Waals surface area (Å²) in [5, 5.41) is 0. The Labute approximate surface area is 114 Å². The van der Waals surface area contributed by atoms with Crippen molar-refractivity contribution in [1.82, 2.24) is 0 Å². The van der Waals surface area contributed by atoms with Crippen LogP contribution in [-0.2, 0) is 0 Å². The van der Waals surface area contributed by atoms with E-state index in [1.165, 1.54) is 57.8 Å². The highest BCUT2D eigenvalue weighted by Gasteiger charge is 2.35. The molecule has 102 valence electrons. The molecule has 2 rings (SSSR count). The van der Waals surface area contributed by atoms with Gasteiger partial charge < -0.3 is 0 Å². The lowest BCUT2D eigenvalue weighted by Crippen LogP contribution is -2.29. The first-order valence-electron chi connectivity index (χ1n) is 8.07. The van der Waals surface area contributed by atoms with Crippen LogP contribution in [0, 0.1) is 35.0 Å². The molecule has 0 aliphatic heterocycles. The standard InChI is InChI=1S/C18H30/c1-4-11-18(12-9-16(3)10-13-18)14-17-7-5-15(2)6-8-17/h15-17H,5-10,12-14H2,1-3H3. The predicted molar refractivity (Wildman–Crippen MR) is 79.3 cm³/mol. The van der Waals surface area contributed by atoms with Gasteiger partial charge in [-0.15, -0.1) is 5.92 Å². The second-order valence-electron chi connectivity index (χ2n) is 7.17. The van der Waals surface area contributed by atoms with Crippen LogP contribution < -0.4 is 0 Å². The molecule has 2 aliphatic rings. The third kappa shape index (κ3) is 3.53. The molecule has 0 radical (unpaired) electrons. The van der Waals surface area contributed by atoms with Crippen molar-refractivity contribution in [2.75, 3.05) is 0 Å². The molecule has 0 atom stereocenters. The Hall–Kier alpha value is -0.440. The largest absolute Gasteiger partial charge is 0.106 e. The van der Waals surface area contributed by atoms with E-state index in [0.717, 1.165) is 17.8 Å². The molecule has 0 aromatic rings. The van der Waals surface area contributed by atoms with Crippen molar-refractivity contribution >= 4 is 0 Å². The summed E-state index contributed by atoms with van der Waals surface area (Å²) in [5.74, 6) is 9.74. The van der Waals surface area contributed by atoms with Gasteiger partial charge in [-0.25, -0.2) is 0 Å². The molecule has 0 unspecified atom stereocenters. The molecule has 0 aromatic heterocycles. The maximum Gasteiger partial charge on any atom is 0.0317 e. The van der Waals surface area contributed by atoms with Gasteiger partial charge in [-0.3, -0.25) is 0 Å². The van der Waals surface area contributed by atoms with E-state index in [0.29, 0.717) is 5.41 Å². The van der Waals surface area contributed by atoms with Crippen LogP contribution in [0.5, 0.6) is 0 Å². The SMILES string of the molecule is CC#CC1(CC2CCC(C)CC2)CCC(C)CC1. The zero-order valence-corrected chi connectivity index (χ0v) is 12.6. The maximum absolute atomic E-state index is 3.63. The summed E-state index contributed by atoms with van der Waals surface area (Å²) in [4.78, 5) is 0. The van der Waals surface area contributed by atoms with E-state index >= 15 is 0 Å². The fraction of sp³-hybridized carbons (Fsp3) is 0.889. The lowest BCUT2D eigenvalue weighted by atomic mass is 9.65. The van der Waals surface area contributed by atoms with Gasteiger partial charge >= 0.3 is 0 Å². The first kappa shape index (κ1) is 14.0. The van der Waals surface area contributed by atoms with Crippen molar-refractivity contribution in [1.29, 1.82) is 0 Å². The molecule has 2 aliphatic carbocycles. The zero-order valence-electron chi connectivity index (χ0n) is 12.6. The molecule has 0 heteroatoms. The van der Waals surface area contributed by atoms with Gasteiger partial charge in [0.2, 0.25) is 0 Å². The monoisotopic (exact) mass is 246 g/mol. The topological polar surface area (TPSA) is 0 Å². The lowest BCUT2D eigenvalue weighted by Gasteiger charge is -2.39. The van der Waals surface area contributed by atoms with Crippen molar-refractivity contribution in [3.63, 3.8) is 0 Å². The molecular formula is C18H30. The first-order chi connectivity index (χ1) is 8.63. The fourth-order valence-electron chi connectivity index (χ4n) is 4.05. The Kier molecular flexibility index (Phi) is 4.77. The van der Waals surface area contributed by atoms with Crippen LogP contribution in [0.15, 0.2) is 0 Å². The average molecular weight is 246 g/mol. The highest BCUT2D eigenvalue weighted by Crippen LogP contribution is 2.46. The van der Waals surface area contributed by atoms with Crippen molar-refractivity contribution < 1.29 is 0 Å². The van der Waals surface area contributed by atoms with Gasteiger partial charge in [0, 0.05) is 5.41 Å². The number of hydrogen-bond acceptors (Lipinski definition) is 0. The van der Waals surface area contributed by atoms with E-state index in [2.05, 4.69) is 25.7 Å². The maximum atomic E-state index is 3.63. The van der Waals surface area contributed by atoms with E-state index in [1.54, 1.807) is 0 Å². The normalized spacial score (nSPS) is 40.9. The van der Waals surface area contributed by atoms with Crippen LogP contribution in [0.2, 0.25) is 0 Å². The second kappa shape index (κ2) is 6.14. The van der Waals surface area contributed by atoms with Crippen LogP contribution in [0.1, 0.15) is 78.6 Å². The van der Waals surface area contributed by atoms with Gasteiger partial charge in [-0.05, 0) is 56.8 Å². The van der Waals surface area contributed by atoms with Gasteiger partial charge in [0.15, 0.2) is 0 Å². The predicted octanol–water partition coefficient (Wildman–Crippen LogP) is 5.42. The lowest BCUT2D eigenvalue weighted by molar-refractivity contribution is 0.151. The van der Waals surface area contributed by atoms with Crippen molar-refractivity contribution in [2.24, 2.45) is 23.2 Å². The fourth-order valence-corrected chi connectivity index (χ4v) is 4.05. The smallest absolute Gasteiger partial charge is 0.0317 e. The Morgan fingerprint density at radius 2 is 1.44 bits per heavy atom. The quantitative estimate of drug-likeness (QED) is 0.570. The van der Waals surface area contributed by atoms with Crippen LogP contribution in [0.25, 0.3) is 0 Å². The van der Waals surface area contributed by atoms with E-state index in [-0.39, 0.29) is 0 Å². The molecule has 0 bridgehead atoms. The minimum atomic E-state index is 0.395. The van der Waals surface area contributed by atoms with Crippen molar-refractivity contribution in [3.05, 3.63) is 0 Å². The summed E-state index contributed by atoms with van der Waals surface area (Å²) in [6.45, 7) is 6.86. The van der Waals surface area contributed by atoms with E-state index in [9.17, 15) is 0 Å².